The summed E-state index contributed by atoms with van der Waals surface area (Å²) < 4.78 is 55.2. The van der Waals surface area contributed by atoms with E-state index < -0.39 is 22.2 Å². The highest BCUT2D eigenvalue weighted by atomic mass is 32.2. The predicted octanol–water partition coefficient (Wildman–Crippen LogP) is 5.59. The van der Waals surface area contributed by atoms with Crippen LogP contribution < -0.4 is 24.8 Å². The number of nitrogens with zero attached hydrogens (tertiary/aromatic N) is 2. The lowest BCUT2D eigenvalue weighted by molar-refractivity contribution is 0.0894. The van der Waals surface area contributed by atoms with Crippen LogP contribution >= 0.6 is 0 Å². The van der Waals surface area contributed by atoms with Crippen LogP contribution in [-0.4, -0.2) is 38.5 Å². The Hall–Kier alpha value is -5.23. The molecule has 5 rings (SSSR count). The number of carbonyl (C=O) groups excluding carboxylic acids is 1. The fraction of sp³-hybridized carbons (Fsp3) is 0.100. The van der Waals surface area contributed by atoms with Gasteiger partial charge in [0.25, 0.3) is 15.9 Å². The van der Waals surface area contributed by atoms with E-state index >= 15 is 4.39 Å². The minimum Gasteiger partial charge on any atom is -0.497 e. The second-order valence-corrected chi connectivity index (χ2v) is 10.7. The first-order valence-corrected chi connectivity index (χ1v) is 14.1. The molecule has 1 atom stereocenters. The van der Waals surface area contributed by atoms with Gasteiger partial charge in [0.05, 0.1) is 30.1 Å². The maximum absolute atomic E-state index is 15.1. The van der Waals surface area contributed by atoms with Gasteiger partial charge in [-0.15, -0.1) is 0 Å². The Kier molecular flexibility index (Phi) is 8.16. The highest BCUT2D eigenvalue weighted by molar-refractivity contribution is 7.92. The van der Waals surface area contributed by atoms with Crippen molar-refractivity contribution in [2.24, 2.45) is 0 Å². The zero-order chi connectivity index (χ0) is 29.7. The van der Waals surface area contributed by atoms with Crippen molar-refractivity contribution < 1.29 is 27.1 Å². The standard InChI is InChI=1S/C30H26FN5O5S/c1-40-22-16-21(17-23(18-22)41-2)32-28-29(34-26-14-7-6-13-25(26)33-28)36-42(38,39)24-12-8-11-20(15-24)27(31)35-30(37)19-9-4-3-5-10-19/h3-18,27H,1-2H3,(H,32,33)(H,34,36)(H,35,37). The molecule has 0 aliphatic heterocycles. The molecule has 3 N–H and O–H groups in total. The number of amides is 1. The molecule has 0 aliphatic rings. The van der Waals surface area contributed by atoms with Gasteiger partial charge < -0.3 is 20.1 Å². The van der Waals surface area contributed by atoms with E-state index in [9.17, 15) is 13.2 Å². The molecule has 0 spiro atoms. The lowest BCUT2D eigenvalue weighted by Gasteiger charge is -2.16. The summed E-state index contributed by atoms with van der Waals surface area (Å²) >= 11 is 0. The summed E-state index contributed by atoms with van der Waals surface area (Å²) in [6.07, 6.45) is -1.95. The van der Waals surface area contributed by atoms with Crippen molar-refractivity contribution in [2.45, 2.75) is 11.2 Å². The van der Waals surface area contributed by atoms with Gasteiger partial charge in [-0.3, -0.25) is 9.52 Å². The number of para-hydroxylation sites is 2. The van der Waals surface area contributed by atoms with Gasteiger partial charge in [-0.1, -0.05) is 42.5 Å². The number of hydrogen-bond donors (Lipinski definition) is 3. The number of nitrogens with one attached hydrogen (secondary N) is 3. The molecule has 1 aromatic heterocycles. The third-order valence-electron chi connectivity index (χ3n) is 6.17. The van der Waals surface area contributed by atoms with Crippen LogP contribution in [0.5, 0.6) is 11.5 Å². The molecule has 42 heavy (non-hydrogen) atoms. The maximum Gasteiger partial charge on any atom is 0.263 e. The van der Waals surface area contributed by atoms with Crippen molar-refractivity contribution in [3.05, 3.63) is 108 Å². The zero-order valence-electron chi connectivity index (χ0n) is 22.5. The summed E-state index contributed by atoms with van der Waals surface area (Å²) in [7, 11) is -1.26. The number of benzene rings is 4. The maximum atomic E-state index is 15.1. The van der Waals surface area contributed by atoms with Gasteiger partial charge in [0.15, 0.2) is 17.9 Å². The Morgan fingerprint density at radius 1 is 0.786 bits per heavy atom. The normalized spacial score (nSPS) is 11.9. The molecule has 0 bridgehead atoms. The summed E-state index contributed by atoms with van der Waals surface area (Å²) in [4.78, 5) is 21.2. The predicted molar refractivity (Wildman–Crippen MR) is 157 cm³/mol. The number of sulfonamides is 1. The molecule has 1 unspecified atom stereocenters. The van der Waals surface area contributed by atoms with Crippen LogP contribution in [0.25, 0.3) is 11.0 Å². The van der Waals surface area contributed by atoms with E-state index in [1.54, 1.807) is 72.8 Å². The number of halogens is 1. The zero-order valence-corrected chi connectivity index (χ0v) is 23.4. The number of ether oxygens (including phenoxy) is 2. The fourth-order valence-corrected chi connectivity index (χ4v) is 5.14. The molecule has 1 amide bonds. The Bertz CT molecular complexity index is 1830. The molecule has 4 aromatic carbocycles. The van der Waals surface area contributed by atoms with Crippen molar-refractivity contribution in [3.8, 4) is 11.5 Å². The third-order valence-corrected chi connectivity index (χ3v) is 7.51. The number of methoxy groups -OCH3 is 2. The molecule has 0 saturated heterocycles. The fourth-order valence-electron chi connectivity index (χ4n) is 4.07. The molecule has 0 aliphatic carbocycles. The first-order chi connectivity index (χ1) is 20.3. The number of rotatable bonds is 10. The molecule has 1 heterocycles. The van der Waals surface area contributed by atoms with Gasteiger partial charge in [-0.25, -0.2) is 22.8 Å². The Morgan fingerprint density at radius 2 is 1.40 bits per heavy atom. The van der Waals surface area contributed by atoms with Crippen LogP contribution in [-0.2, 0) is 10.0 Å². The van der Waals surface area contributed by atoms with Crippen LogP contribution in [0.3, 0.4) is 0 Å². The topological polar surface area (TPSA) is 132 Å². The highest BCUT2D eigenvalue weighted by Crippen LogP contribution is 2.31. The van der Waals surface area contributed by atoms with E-state index in [1.165, 1.54) is 32.4 Å². The Morgan fingerprint density at radius 3 is 2.05 bits per heavy atom. The minimum absolute atomic E-state index is 0.0476. The largest absolute Gasteiger partial charge is 0.497 e. The molecule has 214 valence electrons. The van der Waals surface area contributed by atoms with E-state index in [4.69, 9.17) is 9.47 Å². The number of carbonyl (C=O) groups is 1. The van der Waals surface area contributed by atoms with Crippen molar-refractivity contribution in [1.82, 2.24) is 15.3 Å². The number of fused-ring (bicyclic) bond motifs is 1. The molecular weight excluding hydrogens is 561 g/mol. The van der Waals surface area contributed by atoms with Crippen molar-refractivity contribution in [2.75, 3.05) is 24.3 Å². The second kappa shape index (κ2) is 12.1. The van der Waals surface area contributed by atoms with Gasteiger partial charge in [-0.2, -0.15) is 0 Å². The van der Waals surface area contributed by atoms with Crippen molar-refractivity contribution in [1.29, 1.82) is 0 Å². The van der Waals surface area contributed by atoms with Gasteiger partial charge in [0, 0.05) is 35.0 Å². The van der Waals surface area contributed by atoms with E-state index in [0.717, 1.165) is 6.07 Å². The summed E-state index contributed by atoms with van der Waals surface area (Å²) in [5, 5.41) is 5.33. The van der Waals surface area contributed by atoms with Crippen LogP contribution in [0, 0.1) is 0 Å². The smallest absolute Gasteiger partial charge is 0.263 e. The monoisotopic (exact) mass is 587 g/mol. The Labute approximate surface area is 241 Å². The minimum atomic E-state index is -4.28. The SMILES string of the molecule is COc1cc(Nc2nc3ccccc3nc2NS(=O)(=O)c2cccc(C(F)NC(=O)c3ccccc3)c2)cc(OC)c1. The molecule has 0 saturated carbocycles. The van der Waals surface area contributed by atoms with Crippen LogP contribution in [0.1, 0.15) is 22.2 Å². The molecule has 0 fully saturated rings. The highest BCUT2D eigenvalue weighted by Gasteiger charge is 2.22. The van der Waals surface area contributed by atoms with Crippen LogP contribution in [0.4, 0.5) is 21.7 Å². The van der Waals surface area contributed by atoms with E-state index in [2.05, 4.69) is 25.3 Å². The van der Waals surface area contributed by atoms with Gasteiger partial charge >= 0.3 is 0 Å². The lowest BCUT2D eigenvalue weighted by atomic mass is 10.2. The lowest BCUT2D eigenvalue weighted by Crippen LogP contribution is -2.26. The number of alkyl halides is 1. The number of anilines is 3. The first kappa shape index (κ1) is 28.3. The van der Waals surface area contributed by atoms with Crippen molar-refractivity contribution in [3.63, 3.8) is 0 Å². The molecule has 0 radical (unpaired) electrons. The van der Waals surface area contributed by atoms with Crippen LogP contribution in [0.15, 0.2) is 102 Å². The third kappa shape index (κ3) is 6.39. The van der Waals surface area contributed by atoms with Gasteiger partial charge in [0.1, 0.15) is 11.5 Å². The summed E-state index contributed by atoms with van der Waals surface area (Å²) in [5.74, 6) is 0.400. The average Bonchev–Trinajstić information content (AvgIpc) is 3.01. The second-order valence-electron chi connectivity index (χ2n) is 9.02. The van der Waals surface area contributed by atoms with Crippen LogP contribution in [0.2, 0.25) is 0 Å². The number of hydrogen-bond acceptors (Lipinski definition) is 8. The summed E-state index contributed by atoms with van der Waals surface area (Å²) in [5.41, 5.74) is 1.70. The number of aromatic nitrogens is 2. The summed E-state index contributed by atoms with van der Waals surface area (Å²) in [6.45, 7) is 0. The van der Waals surface area contributed by atoms with Gasteiger partial charge in [-0.05, 0) is 36.4 Å². The van der Waals surface area contributed by atoms with Crippen molar-refractivity contribution >= 4 is 44.3 Å². The van der Waals surface area contributed by atoms with E-state index in [0.29, 0.717) is 28.2 Å². The Balaban J connectivity index is 1.45. The first-order valence-electron chi connectivity index (χ1n) is 12.7. The molecule has 10 nitrogen and oxygen atoms in total. The van der Waals surface area contributed by atoms with Gasteiger partial charge in [0.2, 0.25) is 0 Å². The quantitative estimate of drug-likeness (QED) is 0.180. The molecule has 12 heteroatoms. The van der Waals surface area contributed by atoms with E-state index in [1.807, 2.05) is 0 Å². The summed E-state index contributed by atoms with van der Waals surface area (Å²) in [6, 6.07) is 25.4. The molecule has 5 aromatic rings. The average molecular weight is 588 g/mol. The molecular formula is C30H26FN5O5S. The van der Waals surface area contributed by atoms with E-state index in [-0.39, 0.29) is 27.7 Å².